The van der Waals surface area contributed by atoms with Crippen LogP contribution in [0.25, 0.3) is 0 Å². The van der Waals surface area contributed by atoms with Crippen molar-refractivity contribution in [2.24, 2.45) is 0 Å². The molecule has 1 aliphatic rings. The molecule has 1 aromatic rings. The van der Waals surface area contributed by atoms with Gasteiger partial charge in [0.15, 0.2) is 9.84 Å². The monoisotopic (exact) mass is 376 g/mol. The number of ether oxygens (including phenoxy) is 1. The second-order valence-electron chi connectivity index (χ2n) is 4.90. The Morgan fingerprint density at radius 2 is 2.24 bits per heavy atom. The van der Waals surface area contributed by atoms with Gasteiger partial charge in [-0.3, -0.25) is 4.79 Å². The van der Waals surface area contributed by atoms with Crippen LogP contribution in [0.4, 0.5) is 5.69 Å². The molecule has 21 heavy (non-hydrogen) atoms. The van der Waals surface area contributed by atoms with E-state index in [4.69, 9.17) is 4.74 Å². The van der Waals surface area contributed by atoms with Gasteiger partial charge in [-0.15, -0.1) is 0 Å². The van der Waals surface area contributed by atoms with E-state index in [1.165, 1.54) is 0 Å². The standard InChI is InChI=1S/C13H17BrN2O4S/c1-20-12-5-9(14)4-10(6-12)16-13(17)7-11-8-21(18,19)3-2-15-11/h4-6,11,15H,2-3,7-8H2,1H3,(H,16,17). The van der Waals surface area contributed by atoms with Crippen molar-refractivity contribution in [2.75, 3.05) is 30.5 Å². The molecule has 2 N–H and O–H groups in total. The molecule has 1 atom stereocenters. The van der Waals surface area contributed by atoms with E-state index in [-0.39, 0.29) is 29.9 Å². The first-order chi connectivity index (χ1) is 9.88. The molecule has 0 radical (unpaired) electrons. The van der Waals surface area contributed by atoms with Crippen molar-refractivity contribution in [3.8, 4) is 5.75 Å². The third-order valence-electron chi connectivity index (χ3n) is 3.12. The predicted molar refractivity (Wildman–Crippen MR) is 84.4 cm³/mol. The highest BCUT2D eigenvalue weighted by molar-refractivity contribution is 9.10. The summed E-state index contributed by atoms with van der Waals surface area (Å²) in [5.74, 6) is 0.527. The normalized spacial score (nSPS) is 20.8. The van der Waals surface area contributed by atoms with Crippen LogP contribution < -0.4 is 15.4 Å². The Balaban J connectivity index is 1.97. The zero-order valence-electron chi connectivity index (χ0n) is 11.6. The van der Waals surface area contributed by atoms with Gasteiger partial charge in [-0.1, -0.05) is 15.9 Å². The van der Waals surface area contributed by atoms with Gasteiger partial charge in [-0.2, -0.15) is 0 Å². The minimum absolute atomic E-state index is 0.00221. The van der Waals surface area contributed by atoms with E-state index in [0.717, 1.165) is 4.47 Å². The summed E-state index contributed by atoms with van der Waals surface area (Å²) in [4.78, 5) is 12.0. The van der Waals surface area contributed by atoms with Crippen molar-refractivity contribution in [1.82, 2.24) is 5.32 Å². The highest BCUT2D eigenvalue weighted by atomic mass is 79.9. The minimum Gasteiger partial charge on any atom is -0.497 e. The first kappa shape index (κ1) is 16.3. The van der Waals surface area contributed by atoms with Crippen molar-refractivity contribution >= 4 is 37.4 Å². The zero-order valence-corrected chi connectivity index (χ0v) is 14.0. The van der Waals surface area contributed by atoms with Gasteiger partial charge in [0.25, 0.3) is 0 Å². The summed E-state index contributed by atoms with van der Waals surface area (Å²) in [5, 5.41) is 5.80. The molecule has 8 heteroatoms. The molecular weight excluding hydrogens is 360 g/mol. The molecule has 0 bridgehead atoms. The van der Waals surface area contributed by atoms with E-state index in [1.807, 2.05) is 0 Å². The predicted octanol–water partition coefficient (Wildman–Crippen LogP) is 1.17. The van der Waals surface area contributed by atoms with Gasteiger partial charge < -0.3 is 15.4 Å². The highest BCUT2D eigenvalue weighted by Crippen LogP contribution is 2.24. The van der Waals surface area contributed by atoms with Crippen LogP contribution in [0.1, 0.15) is 6.42 Å². The Bertz CT molecular complexity index is 633. The number of carbonyl (C=O) groups excluding carboxylic acids is 1. The topological polar surface area (TPSA) is 84.5 Å². The number of hydrogen-bond acceptors (Lipinski definition) is 5. The number of benzene rings is 1. The van der Waals surface area contributed by atoms with Crippen LogP contribution in [0.15, 0.2) is 22.7 Å². The molecule has 116 valence electrons. The third kappa shape index (κ3) is 4.98. The van der Waals surface area contributed by atoms with Gasteiger partial charge in [-0.25, -0.2) is 8.42 Å². The van der Waals surface area contributed by atoms with Crippen molar-refractivity contribution in [2.45, 2.75) is 12.5 Å². The number of hydrogen-bond donors (Lipinski definition) is 2. The lowest BCUT2D eigenvalue weighted by molar-refractivity contribution is -0.116. The lowest BCUT2D eigenvalue weighted by Crippen LogP contribution is -2.46. The summed E-state index contributed by atoms with van der Waals surface area (Å²) in [6.07, 6.45) is 0.119. The van der Waals surface area contributed by atoms with E-state index in [2.05, 4.69) is 26.6 Å². The summed E-state index contributed by atoms with van der Waals surface area (Å²) in [6.45, 7) is 0.394. The quantitative estimate of drug-likeness (QED) is 0.823. The molecule has 1 unspecified atom stereocenters. The third-order valence-corrected chi connectivity index (χ3v) is 5.32. The maximum absolute atomic E-state index is 12.0. The number of halogens is 1. The minimum atomic E-state index is -3.04. The van der Waals surface area contributed by atoms with E-state index in [0.29, 0.717) is 18.0 Å². The van der Waals surface area contributed by atoms with Gasteiger partial charge in [0, 0.05) is 35.2 Å². The summed E-state index contributed by atoms with van der Waals surface area (Å²) in [6, 6.07) is 4.90. The molecule has 0 saturated carbocycles. The SMILES string of the molecule is COc1cc(Br)cc(NC(=O)CC2CS(=O)(=O)CCN2)c1. The summed E-state index contributed by atoms with van der Waals surface area (Å²) in [5.41, 5.74) is 0.602. The second kappa shape index (κ2) is 6.76. The van der Waals surface area contributed by atoms with Crippen LogP contribution >= 0.6 is 15.9 Å². The van der Waals surface area contributed by atoms with Gasteiger partial charge in [0.1, 0.15) is 5.75 Å². The number of rotatable bonds is 4. The van der Waals surface area contributed by atoms with Crippen molar-refractivity contribution in [1.29, 1.82) is 0 Å². The molecule has 0 aliphatic carbocycles. The second-order valence-corrected chi connectivity index (χ2v) is 8.04. The van der Waals surface area contributed by atoms with Crippen LogP contribution in [-0.2, 0) is 14.6 Å². The number of carbonyl (C=O) groups is 1. The smallest absolute Gasteiger partial charge is 0.225 e. The average molecular weight is 377 g/mol. The van der Waals surface area contributed by atoms with Crippen molar-refractivity contribution in [3.05, 3.63) is 22.7 Å². The first-order valence-corrected chi connectivity index (χ1v) is 9.07. The molecule has 6 nitrogen and oxygen atoms in total. The number of methoxy groups -OCH3 is 1. The van der Waals surface area contributed by atoms with E-state index in [1.54, 1.807) is 25.3 Å². The Kier molecular flexibility index (Phi) is 5.23. The van der Waals surface area contributed by atoms with Crippen molar-refractivity contribution in [3.63, 3.8) is 0 Å². The molecule has 1 amide bonds. The van der Waals surface area contributed by atoms with Gasteiger partial charge in [-0.05, 0) is 12.1 Å². The van der Waals surface area contributed by atoms with E-state index in [9.17, 15) is 13.2 Å². The Morgan fingerprint density at radius 3 is 2.90 bits per heavy atom. The number of anilines is 1. The van der Waals surface area contributed by atoms with Gasteiger partial charge in [0.2, 0.25) is 5.91 Å². The van der Waals surface area contributed by atoms with E-state index < -0.39 is 9.84 Å². The van der Waals surface area contributed by atoms with Crippen LogP contribution in [0.3, 0.4) is 0 Å². The van der Waals surface area contributed by atoms with Crippen LogP contribution in [0, 0.1) is 0 Å². The molecule has 2 rings (SSSR count). The Labute approximate surface area is 132 Å². The summed E-state index contributed by atoms with van der Waals surface area (Å²) in [7, 11) is -1.49. The fraction of sp³-hybridized carbons (Fsp3) is 0.462. The first-order valence-electron chi connectivity index (χ1n) is 6.46. The number of nitrogens with one attached hydrogen (secondary N) is 2. The summed E-state index contributed by atoms with van der Waals surface area (Å²) < 4.78 is 29.0. The summed E-state index contributed by atoms with van der Waals surface area (Å²) >= 11 is 3.33. The highest BCUT2D eigenvalue weighted by Gasteiger charge is 2.26. The lowest BCUT2D eigenvalue weighted by atomic mass is 10.2. The molecule has 0 spiro atoms. The van der Waals surface area contributed by atoms with Crippen LogP contribution in [-0.4, -0.2) is 45.5 Å². The Hall–Kier alpha value is -1.12. The molecule has 1 aliphatic heterocycles. The molecule has 1 heterocycles. The molecule has 1 aromatic carbocycles. The molecular formula is C13H17BrN2O4S. The maximum atomic E-state index is 12.0. The lowest BCUT2D eigenvalue weighted by Gasteiger charge is -2.23. The number of sulfone groups is 1. The van der Waals surface area contributed by atoms with Crippen LogP contribution in [0.2, 0.25) is 0 Å². The van der Waals surface area contributed by atoms with Gasteiger partial charge in [0.05, 0.1) is 18.6 Å². The average Bonchev–Trinajstić information content (AvgIpc) is 2.36. The fourth-order valence-corrected chi connectivity index (χ4v) is 4.10. The molecule has 1 saturated heterocycles. The molecule has 1 fully saturated rings. The van der Waals surface area contributed by atoms with Crippen LogP contribution in [0.5, 0.6) is 5.75 Å². The zero-order chi connectivity index (χ0) is 15.5. The fourth-order valence-electron chi connectivity index (χ4n) is 2.19. The van der Waals surface area contributed by atoms with E-state index >= 15 is 0 Å². The maximum Gasteiger partial charge on any atom is 0.225 e. The Morgan fingerprint density at radius 1 is 1.48 bits per heavy atom. The molecule has 0 aromatic heterocycles. The number of amides is 1. The van der Waals surface area contributed by atoms with Crippen molar-refractivity contribution < 1.29 is 17.9 Å². The van der Waals surface area contributed by atoms with Gasteiger partial charge >= 0.3 is 0 Å². The largest absolute Gasteiger partial charge is 0.497 e.